The van der Waals surface area contributed by atoms with Gasteiger partial charge in [-0.3, -0.25) is 0 Å². The summed E-state index contributed by atoms with van der Waals surface area (Å²) in [5.41, 5.74) is 1.63. The van der Waals surface area contributed by atoms with E-state index < -0.39 is 0 Å². The Morgan fingerprint density at radius 3 is 2.62 bits per heavy atom. The minimum absolute atomic E-state index is 0.690. The highest BCUT2D eigenvalue weighted by Gasteiger charge is 2.02. The second kappa shape index (κ2) is 4.97. The molecule has 0 bridgehead atoms. The van der Waals surface area contributed by atoms with Crippen LogP contribution in [0.1, 0.15) is 0 Å². The van der Waals surface area contributed by atoms with Crippen molar-refractivity contribution in [3.8, 4) is 11.5 Å². The number of hydrogen-bond acceptors (Lipinski definition) is 3. The van der Waals surface area contributed by atoms with Crippen molar-refractivity contribution in [1.82, 2.24) is 0 Å². The summed E-state index contributed by atoms with van der Waals surface area (Å²) in [6.45, 7) is 0. The maximum atomic E-state index is 5.18. The first-order chi connectivity index (χ1) is 6.31. The van der Waals surface area contributed by atoms with E-state index >= 15 is 0 Å². The summed E-state index contributed by atoms with van der Waals surface area (Å²) in [5.74, 6) is 1.57. The monoisotopic (exact) mass is 245 g/mol. The molecule has 0 heterocycles. The van der Waals surface area contributed by atoms with Gasteiger partial charge in [0.05, 0.1) is 25.4 Å². The number of nitrogens with one attached hydrogen (secondary N) is 1. The molecule has 0 unspecified atom stereocenters. The number of benzene rings is 1. The number of anilines is 1. The van der Waals surface area contributed by atoms with Gasteiger partial charge in [-0.05, 0) is 12.1 Å². The molecule has 72 valence electrons. The predicted octanol–water partition coefficient (Wildman–Crippen LogP) is 2.47. The quantitative estimate of drug-likeness (QED) is 0.653. The Kier molecular flexibility index (Phi) is 3.89. The Labute approximate surface area is 86.2 Å². The molecule has 0 radical (unpaired) electrons. The van der Waals surface area contributed by atoms with Crippen LogP contribution >= 0.6 is 15.9 Å². The van der Waals surface area contributed by atoms with Crippen LogP contribution in [0.3, 0.4) is 0 Å². The van der Waals surface area contributed by atoms with Crippen LogP contribution in [0.5, 0.6) is 11.5 Å². The predicted molar refractivity (Wildman–Crippen MR) is 57.0 cm³/mol. The van der Waals surface area contributed by atoms with Crippen molar-refractivity contribution in [1.29, 1.82) is 0 Å². The van der Waals surface area contributed by atoms with Gasteiger partial charge < -0.3 is 14.8 Å². The molecule has 1 aromatic carbocycles. The first kappa shape index (κ1) is 10.2. The molecule has 1 N–H and O–H groups in total. The summed E-state index contributed by atoms with van der Waals surface area (Å²) in [6, 6.07) is 5.64. The summed E-state index contributed by atoms with van der Waals surface area (Å²) in [7, 11) is 3.26. The summed E-state index contributed by atoms with van der Waals surface area (Å²) < 4.78 is 10.2. The topological polar surface area (TPSA) is 30.5 Å². The lowest BCUT2D eigenvalue weighted by Crippen LogP contribution is -1.97. The molecule has 0 amide bonds. The number of halogens is 1. The van der Waals surface area contributed by atoms with Gasteiger partial charge in [-0.15, -0.1) is 0 Å². The van der Waals surface area contributed by atoms with Crippen molar-refractivity contribution in [2.45, 2.75) is 0 Å². The van der Waals surface area contributed by atoms with Crippen LogP contribution in [-0.4, -0.2) is 19.7 Å². The van der Waals surface area contributed by atoms with Crippen LogP contribution < -0.4 is 14.8 Å². The van der Waals surface area contributed by atoms with Crippen LogP contribution in [0.2, 0.25) is 0 Å². The molecule has 3 nitrogen and oxygen atoms in total. The van der Waals surface area contributed by atoms with Crippen LogP contribution in [0.15, 0.2) is 18.2 Å². The summed E-state index contributed by atoms with van der Waals surface area (Å²) in [5, 5.41) is 3.11. The molecule has 0 fully saturated rings. The summed E-state index contributed by atoms with van der Waals surface area (Å²) in [4.78, 5) is 0. The zero-order chi connectivity index (χ0) is 9.68. The fourth-order valence-corrected chi connectivity index (χ4v) is 1.32. The molecule has 0 aliphatic carbocycles. The normalized spacial score (nSPS) is 9.46. The van der Waals surface area contributed by atoms with Gasteiger partial charge in [0.15, 0.2) is 0 Å². The lowest BCUT2D eigenvalue weighted by atomic mass is 10.3. The molecular weight excluding hydrogens is 234 g/mol. The third kappa shape index (κ3) is 2.52. The third-order valence-electron chi connectivity index (χ3n) is 1.67. The van der Waals surface area contributed by atoms with Gasteiger partial charge in [0, 0.05) is 6.07 Å². The zero-order valence-corrected chi connectivity index (χ0v) is 9.22. The van der Waals surface area contributed by atoms with Crippen LogP contribution in [0, 0.1) is 0 Å². The Morgan fingerprint density at radius 1 is 1.31 bits per heavy atom. The molecule has 13 heavy (non-hydrogen) atoms. The fourth-order valence-electron chi connectivity index (χ4n) is 1.02. The molecule has 0 aromatic heterocycles. The number of rotatable bonds is 4. The Morgan fingerprint density at radius 2 is 2.08 bits per heavy atom. The molecule has 1 aromatic rings. The van der Waals surface area contributed by atoms with Crippen molar-refractivity contribution < 1.29 is 9.47 Å². The second-order valence-electron chi connectivity index (χ2n) is 2.38. The average Bonchev–Trinajstić information content (AvgIpc) is 2.19. The van der Waals surface area contributed by atoms with E-state index in [0.717, 1.165) is 17.2 Å². The maximum Gasteiger partial charge on any atom is 0.145 e. The molecule has 0 atom stereocenters. The SMILES string of the molecule is COc1ccc(NCBr)c(OC)c1. The van der Waals surface area contributed by atoms with Crippen LogP contribution in [-0.2, 0) is 0 Å². The lowest BCUT2D eigenvalue weighted by molar-refractivity contribution is 0.395. The molecule has 0 aliphatic heterocycles. The van der Waals surface area contributed by atoms with Gasteiger partial charge >= 0.3 is 0 Å². The van der Waals surface area contributed by atoms with Crippen molar-refractivity contribution in [3.05, 3.63) is 18.2 Å². The van der Waals surface area contributed by atoms with Gasteiger partial charge in [-0.25, -0.2) is 0 Å². The first-order valence-electron chi connectivity index (χ1n) is 3.83. The van der Waals surface area contributed by atoms with Crippen molar-refractivity contribution in [2.75, 3.05) is 25.0 Å². The molecule has 1 rings (SSSR count). The maximum absolute atomic E-state index is 5.18. The van der Waals surface area contributed by atoms with E-state index in [9.17, 15) is 0 Å². The van der Waals surface area contributed by atoms with E-state index in [1.54, 1.807) is 14.2 Å². The number of ether oxygens (including phenoxy) is 2. The molecule has 0 saturated carbocycles. The minimum Gasteiger partial charge on any atom is -0.497 e. The van der Waals surface area contributed by atoms with Crippen molar-refractivity contribution in [2.24, 2.45) is 0 Å². The van der Waals surface area contributed by atoms with Gasteiger partial charge in [-0.1, -0.05) is 15.9 Å². The third-order valence-corrected chi connectivity index (χ3v) is 1.95. The van der Waals surface area contributed by atoms with Crippen molar-refractivity contribution >= 4 is 21.6 Å². The van der Waals surface area contributed by atoms with E-state index in [1.807, 2.05) is 18.2 Å². The van der Waals surface area contributed by atoms with E-state index in [0.29, 0.717) is 5.45 Å². The summed E-state index contributed by atoms with van der Waals surface area (Å²) >= 11 is 3.29. The van der Waals surface area contributed by atoms with Crippen molar-refractivity contribution in [3.63, 3.8) is 0 Å². The van der Waals surface area contributed by atoms with Crippen LogP contribution in [0.4, 0.5) is 5.69 Å². The van der Waals surface area contributed by atoms with Gasteiger partial charge in [0.2, 0.25) is 0 Å². The van der Waals surface area contributed by atoms with Gasteiger partial charge in [0.1, 0.15) is 11.5 Å². The van der Waals surface area contributed by atoms with E-state index in [4.69, 9.17) is 9.47 Å². The standard InChI is InChI=1S/C9H12BrNO2/c1-12-7-3-4-8(11-6-10)9(5-7)13-2/h3-5,11H,6H2,1-2H3. The number of methoxy groups -OCH3 is 2. The molecule has 0 spiro atoms. The highest BCUT2D eigenvalue weighted by Crippen LogP contribution is 2.28. The highest BCUT2D eigenvalue weighted by atomic mass is 79.9. The average molecular weight is 246 g/mol. The molecular formula is C9H12BrNO2. The van der Waals surface area contributed by atoms with Gasteiger partial charge in [0.25, 0.3) is 0 Å². The smallest absolute Gasteiger partial charge is 0.145 e. The van der Waals surface area contributed by atoms with Gasteiger partial charge in [-0.2, -0.15) is 0 Å². The zero-order valence-electron chi connectivity index (χ0n) is 7.63. The fraction of sp³-hybridized carbons (Fsp3) is 0.333. The van der Waals surface area contributed by atoms with E-state index in [1.165, 1.54) is 0 Å². The Hall–Kier alpha value is -0.900. The highest BCUT2D eigenvalue weighted by molar-refractivity contribution is 9.09. The summed E-state index contributed by atoms with van der Waals surface area (Å²) in [6.07, 6.45) is 0. The minimum atomic E-state index is 0.690. The second-order valence-corrected chi connectivity index (χ2v) is 2.94. The number of alkyl halides is 1. The van der Waals surface area contributed by atoms with E-state index in [2.05, 4.69) is 21.2 Å². The Balaban J connectivity index is 2.93. The Bertz CT molecular complexity index is 278. The van der Waals surface area contributed by atoms with Crippen LogP contribution in [0.25, 0.3) is 0 Å². The first-order valence-corrected chi connectivity index (χ1v) is 4.96. The molecule has 4 heteroatoms. The van der Waals surface area contributed by atoms with E-state index in [-0.39, 0.29) is 0 Å². The molecule has 0 saturated heterocycles. The molecule has 0 aliphatic rings. The largest absolute Gasteiger partial charge is 0.497 e. The number of hydrogen-bond donors (Lipinski definition) is 1. The lowest BCUT2D eigenvalue weighted by Gasteiger charge is -2.10.